The van der Waals surface area contributed by atoms with Gasteiger partial charge in [-0.05, 0) is 63.0 Å². The van der Waals surface area contributed by atoms with Gasteiger partial charge in [0.25, 0.3) is 0 Å². The van der Waals surface area contributed by atoms with E-state index in [-0.39, 0.29) is 24.8 Å². The fraction of sp³-hybridized carbons (Fsp3) is 0.333. The van der Waals surface area contributed by atoms with Crippen molar-refractivity contribution in [2.24, 2.45) is 0 Å². The molecule has 0 aliphatic heterocycles. The maximum atomic E-state index is 5.87. The van der Waals surface area contributed by atoms with Gasteiger partial charge in [0.2, 0.25) is 0 Å². The van der Waals surface area contributed by atoms with Crippen molar-refractivity contribution in [3.05, 3.63) is 47.2 Å². The number of nitrogens with one attached hydrogen (secondary N) is 2. The highest BCUT2D eigenvalue weighted by atomic mass is 35.5. The molecule has 0 amide bonds. The molecule has 0 aliphatic rings. The Morgan fingerprint density at radius 1 is 1.00 bits per heavy atom. The van der Waals surface area contributed by atoms with E-state index in [4.69, 9.17) is 16.0 Å². The van der Waals surface area contributed by atoms with Gasteiger partial charge in [0.05, 0.1) is 6.54 Å². The standard InChI is InChI=1S/C15H19ClN2O.2ClH/c1-17-9-2-10-18-11-14-7-8-15(19-14)12-3-5-13(16)6-4-12;;/h3-8,17-18H,2,9-11H2,1H3;2*1H. The fourth-order valence-corrected chi connectivity index (χ4v) is 1.97. The molecule has 0 saturated heterocycles. The zero-order valence-electron chi connectivity index (χ0n) is 11.9. The van der Waals surface area contributed by atoms with E-state index in [2.05, 4.69) is 10.6 Å². The number of furan rings is 1. The van der Waals surface area contributed by atoms with Crippen molar-refractivity contribution >= 4 is 36.4 Å². The minimum atomic E-state index is 0. The number of hydrogen-bond acceptors (Lipinski definition) is 3. The first-order chi connectivity index (χ1) is 9.29. The first-order valence-corrected chi connectivity index (χ1v) is 6.87. The largest absolute Gasteiger partial charge is 0.460 e. The van der Waals surface area contributed by atoms with Crippen LogP contribution < -0.4 is 10.6 Å². The van der Waals surface area contributed by atoms with E-state index >= 15 is 0 Å². The van der Waals surface area contributed by atoms with Crippen molar-refractivity contribution in [1.29, 1.82) is 0 Å². The summed E-state index contributed by atoms with van der Waals surface area (Å²) >= 11 is 5.87. The van der Waals surface area contributed by atoms with E-state index in [1.54, 1.807) is 0 Å². The Morgan fingerprint density at radius 3 is 2.38 bits per heavy atom. The van der Waals surface area contributed by atoms with Crippen molar-refractivity contribution < 1.29 is 4.42 Å². The number of hydrogen-bond donors (Lipinski definition) is 2. The van der Waals surface area contributed by atoms with Gasteiger partial charge in [0.1, 0.15) is 11.5 Å². The Hall–Kier alpha value is -0.710. The van der Waals surface area contributed by atoms with Crippen LogP contribution in [0.3, 0.4) is 0 Å². The third-order valence-electron chi connectivity index (χ3n) is 2.87. The van der Waals surface area contributed by atoms with Crippen LogP contribution in [0.15, 0.2) is 40.8 Å². The van der Waals surface area contributed by atoms with Crippen LogP contribution in [-0.2, 0) is 6.54 Å². The second kappa shape index (κ2) is 10.9. The maximum Gasteiger partial charge on any atom is 0.134 e. The molecule has 118 valence electrons. The van der Waals surface area contributed by atoms with Crippen molar-refractivity contribution in [2.45, 2.75) is 13.0 Å². The molecule has 2 rings (SSSR count). The summed E-state index contributed by atoms with van der Waals surface area (Å²) < 4.78 is 5.79. The zero-order valence-corrected chi connectivity index (χ0v) is 14.3. The van der Waals surface area contributed by atoms with Crippen LogP contribution in [-0.4, -0.2) is 20.1 Å². The molecule has 6 heteroatoms. The average Bonchev–Trinajstić information content (AvgIpc) is 2.88. The van der Waals surface area contributed by atoms with Crippen molar-refractivity contribution in [2.75, 3.05) is 20.1 Å². The van der Waals surface area contributed by atoms with Crippen LogP contribution in [0.2, 0.25) is 5.02 Å². The van der Waals surface area contributed by atoms with Crippen LogP contribution in [0.25, 0.3) is 11.3 Å². The number of rotatable bonds is 7. The van der Waals surface area contributed by atoms with Crippen LogP contribution in [0.4, 0.5) is 0 Å². The Bertz CT molecular complexity index is 500. The topological polar surface area (TPSA) is 37.2 Å². The minimum Gasteiger partial charge on any atom is -0.460 e. The van der Waals surface area contributed by atoms with Gasteiger partial charge in [-0.15, -0.1) is 24.8 Å². The molecular weight excluding hydrogens is 331 g/mol. The Labute approximate surface area is 143 Å². The molecule has 0 bridgehead atoms. The summed E-state index contributed by atoms with van der Waals surface area (Å²) in [6.45, 7) is 2.77. The predicted octanol–water partition coefficient (Wildman–Crippen LogP) is 4.14. The molecular formula is C15H21Cl3N2O. The third kappa shape index (κ3) is 6.72. The van der Waals surface area contributed by atoms with Gasteiger partial charge in [0.15, 0.2) is 0 Å². The first kappa shape index (κ1) is 20.3. The highest BCUT2D eigenvalue weighted by Crippen LogP contribution is 2.23. The summed E-state index contributed by atoms with van der Waals surface area (Å²) in [6.07, 6.45) is 1.11. The second-order valence-electron chi connectivity index (χ2n) is 4.41. The Morgan fingerprint density at radius 2 is 1.71 bits per heavy atom. The lowest BCUT2D eigenvalue weighted by molar-refractivity contribution is 0.490. The quantitative estimate of drug-likeness (QED) is 0.736. The number of benzene rings is 1. The van der Waals surface area contributed by atoms with E-state index < -0.39 is 0 Å². The minimum absolute atomic E-state index is 0. The molecule has 0 fully saturated rings. The maximum absolute atomic E-state index is 5.87. The van der Waals surface area contributed by atoms with E-state index in [0.29, 0.717) is 0 Å². The molecule has 1 heterocycles. The molecule has 0 radical (unpaired) electrons. The second-order valence-corrected chi connectivity index (χ2v) is 4.84. The number of halogens is 3. The molecule has 3 nitrogen and oxygen atoms in total. The van der Waals surface area contributed by atoms with Crippen LogP contribution >= 0.6 is 36.4 Å². The lowest BCUT2D eigenvalue weighted by Crippen LogP contribution is -2.19. The average molecular weight is 352 g/mol. The molecule has 0 atom stereocenters. The van der Waals surface area contributed by atoms with Crippen LogP contribution in [0, 0.1) is 0 Å². The highest BCUT2D eigenvalue weighted by molar-refractivity contribution is 6.30. The molecule has 2 N–H and O–H groups in total. The van der Waals surface area contributed by atoms with E-state index in [1.165, 1.54) is 0 Å². The lowest BCUT2D eigenvalue weighted by Gasteiger charge is -2.02. The lowest BCUT2D eigenvalue weighted by atomic mass is 10.2. The molecule has 1 aromatic heterocycles. The van der Waals surface area contributed by atoms with Gasteiger partial charge in [0, 0.05) is 10.6 Å². The molecule has 2 aromatic rings. The fourth-order valence-electron chi connectivity index (χ4n) is 1.84. The third-order valence-corrected chi connectivity index (χ3v) is 3.12. The summed E-state index contributed by atoms with van der Waals surface area (Å²) in [7, 11) is 1.96. The molecule has 1 aromatic carbocycles. The smallest absolute Gasteiger partial charge is 0.134 e. The summed E-state index contributed by atoms with van der Waals surface area (Å²) in [5.41, 5.74) is 1.05. The summed E-state index contributed by atoms with van der Waals surface area (Å²) in [5.74, 6) is 1.83. The summed E-state index contributed by atoms with van der Waals surface area (Å²) in [4.78, 5) is 0. The highest BCUT2D eigenvalue weighted by Gasteiger charge is 2.04. The first-order valence-electron chi connectivity index (χ1n) is 6.49. The monoisotopic (exact) mass is 350 g/mol. The normalized spacial score (nSPS) is 9.81. The van der Waals surface area contributed by atoms with Crippen LogP contribution in [0.5, 0.6) is 0 Å². The zero-order chi connectivity index (χ0) is 13.5. The van der Waals surface area contributed by atoms with Gasteiger partial charge in [-0.1, -0.05) is 11.6 Å². The Kier molecular flexibility index (Phi) is 10.6. The van der Waals surface area contributed by atoms with Crippen LogP contribution in [0.1, 0.15) is 12.2 Å². The van der Waals surface area contributed by atoms with Gasteiger partial charge >= 0.3 is 0 Å². The van der Waals surface area contributed by atoms with Crippen molar-refractivity contribution in [3.8, 4) is 11.3 Å². The van der Waals surface area contributed by atoms with E-state index in [0.717, 1.165) is 48.2 Å². The van der Waals surface area contributed by atoms with Gasteiger partial charge in [-0.25, -0.2) is 0 Å². The molecule has 0 aliphatic carbocycles. The molecule has 0 saturated carbocycles. The molecule has 21 heavy (non-hydrogen) atoms. The van der Waals surface area contributed by atoms with Gasteiger partial charge in [-0.3, -0.25) is 0 Å². The summed E-state index contributed by atoms with van der Waals surface area (Å²) in [6, 6.07) is 11.7. The predicted molar refractivity (Wildman–Crippen MR) is 93.9 cm³/mol. The van der Waals surface area contributed by atoms with Crippen molar-refractivity contribution in [3.63, 3.8) is 0 Å². The van der Waals surface area contributed by atoms with Crippen molar-refractivity contribution in [1.82, 2.24) is 10.6 Å². The summed E-state index contributed by atoms with van der Waals surface area (Å²) in [5, 5.41) is 7.22. The van der Waals surface area contributed by atoms with E-state index in [9.17, 15) is 0 Å². The Balaban J connectivity index is 0.00000200. The SMILES string of the molecule is CNCCCNCc1ccc(-c2ccc(Cl)cc2)o1.Cl.Cl. The van der Waals surface area contributed by atoms with E-state index in [1.807, 2.05) is 43.4 Å². The van der Waals surface area contributed by atoms with Gasteiger partial charge < -0.3 is 15.1 Å². The molecule has 0 unspecified atom stereocenters. The molecule has 0 spiro atoms. The van der Waals surface area contributed by atoms with Gasteiger partial charge in [-0.2, -0.15) is 0 Å².